The van der Waals surface area contributed by atoms with E-state index in [4.69, 9.17) is 5.11 Å². The second-order valence-electron chi connectivity index (χ2n) is 5.13. The van der Waals surface area contributed by atoms with Crippen molar-refractivity contribution in [1.29, 1.82) is 0 Å². The lowest BCUT2D eigenvalue weighted by atomic mass is 10.0. The number of hydrogen-bond acceptors (Lipinski definition) is 4. The van der Waals surface area contributed by atoms with Crippen molar-refractivity contribution < 1.29 is 9.90 Å². The first-order chi connectivity index (χ1) is 11.8. The molecule has 24 heavy (non-hydrogen) atoms. The van der Waals surface area contributed by atoms with Gasteiger partial charge in [-0.05, 0) is 35.4 Å². The summed E-state index contributed by atoms with van der Waals surface area (Å²) in [5.41, 5.74) is 4.16. The lowest BCUT2D eigenvalue weighted by Gasteiger charge is -2.04. The molecule has 3 N–H and O–H groups in total. The van der Waals surface area contributed by atoms with Crippen LogP contribution in [-0.4, -0.2) is 26.2 Å². The number of nitrogens with zero attached hydrogens (tertiary/aromatic N) is 2. The Kier molecular flexibility index (Phi) is 4.78. The van der Waals surface area contributed by atoms with Crippen molar-refractivity contribution in [2.45, 2.75) is 6.61 Å². The Hall–Kier alpha value is -3.25. The molecule has 0 unspecified atom stereocenters. The van der Waals surface area contributed by atoms with E-state index in [0.29, 0.717) is 5.69 Å². The van der Waals surface area contributed by atoms with E-state index in [1.165, 1.54) is 6.08 Å². The molecular weight excluding hydrogens is 304 g/mol. The number of H-pyrrole nitrogens is 1. The topological polar surface area (TPSA) is 90.9 Å². The molecule has 0 bridgehead atoms. The number of carbonyl (C=O) groups excluding carboxylic acids is 1. The lowest BCUT2D eigenvalue weighted by molar-refractivity contribution is -0.111. The molecule has 0 aliphatic rings. The van der Waals surface area contributed by atoms with E-state index in [2.05, 4.69) is 20.5 Å². The first-order valence-corrected chi connectivity index (χ1v) is 7.38. The standard InChI is InChI=1S/C18H16N4O2/c23-12-13-1-4-16(5-2-13)22-18(24)6-3-14-9-19-8-7-17(14)15-10-20-21-11-15/h1-11,23H,12H2,(H,20,21)(H,22,24)/b6-3+. The predicted octanol–water partition coefficient (Wildman–Crippen LogP) is 2.62. The summed E-state index contributed by atoms with van der Waals surface area (Å²) >= 11 is 0. The number of rotatable bonds is 5. The Morgan fingerprint density at radius 3 is 2.75 bits per heavy atom. The summed E-state index contributed by atoms with van der Waals surface area (Å²) in [6, 6.07) is 8.89. The zero-order valence-corrected chi connectivity index (χ0v) is 12.8. The summed E-state index contributed by atoms with van der Waals surface area (Å²) in [5, 5.41) is 18.5. The number of anilines is 1. The van der Waals surface area contributed by atoms with E-state index < -0.39 is 0 Å². The van der Waals surface area contributed by atoms with Crippen LogP contribution < -0.4 is 5.32 Å². The molecule has 2 heterocycles. The van der Waals surface area contributed by atoms with Gasteiger partial charge in [0.15, 0.2) is 0 Å². The van der Waals surface area contributed by atoms with E-state index in [-0.39, 0.29) is 12.5 Å². The van der Waals surface area contributed by atoms with Crippen LogP contribution in [0.15, 0.2) is 61.2 Å². The van der Waals surface area contributed by atoms with Gasteiger partial charge in [0.1, 0.15) is 0 Å². The molecule has 1 aromatic carbocycles. The third kappa shape index (κ3) is 3.74. The van der Waals surface area contributed by atoms with Gasteiger partial charge in [-0.15, -0.1) is 0 Å². The summed E-state index contributed by atoms with van der Waals surface area (Å²) in [4.78, 5) is 16.2. The van der Waals surface area contributed by atoms with Crippen LogP contribution in [0.5, 0.6) is 0 Å². The number of pyridine rings is 1. The van der Waals surface area contributed by atoms with Gasteiger partial charge in [0.05, 0.1) is 12.8 Å². The molecule has 0 saturated carbocycles. The van der Waals surface area contributed by atoms with E-state index in [1.807, 2.05) is 6.07 Å². The molecule has 6 nitrogen and oxygen atoms in total. The van der Waals surface area contributed by atoms with Crippen LogP contribution in [0.2, 0.25) is 0 Å². The van der Waals surface area contributed by atoms with Crippen molar-refractivity contribution in [1.82, 2.24) is 15.2 Å². The van der Waals surface area contributed by atoms with E-state index in [9.17, 15) is 4.79 Å². The Morgan fingerprint density at radius 1 is 1.21 bits per heavy atom. The maximum Gasteiger partial charge on any atom is 0.248 e. The maximum absolute atomic E-state index is 12.1. The Balaban J connectivity index is 1.72. The minimum atomic E-state index is -0.242. The largest absolute Gasteiger partial charge is 0.392 e. The highest BCUT2D eigenvalue weighted by atomic mass is 16.3. The molecule has 0 aliphatic heterocycles. The summed E-state index contributed by atoms with van der Waals surface area (Å²) < 4.78 is 0. The fourth-order valence-corrected chi connectivity index (χ4v) is 2.24. The highest BCUT2D eigenvalue weighted by Gasteiger charge is 2.04. The molecular formula is C18H16N4O2. The smallest absolute Gasteiger partial charge is 0.248 e. The fraction of sp³-hybridized carbons (Fsp3) is 0.0556. The monoisotopic (exact) mass is 320 g/mol. The molecule has 0 fully saturated rings. The maximum atomic E-state index is 12.1. The van der Waals surface area contributed by atoms with Gasteiger partial charge in [0.25, 0.3) is 0 Å². The molecule has 2 aromatic heterocycles. The van der Waals surface area contributed by atoms with Gasteiger partial charge >= 0.3 is 0 Å². The second kappa shape index (κ2) is 7.34. The van der Waals surface area contributed by atoms with Gasteiger partial charge in [-0.1, -0.05) is 12.1 Å². The normalized spacial score (nSPS) is 10.9. The zero-order valence-electron chi connectivity index (χ0n) is 12.8. The highest BCUT2D eigenvalue weighted by Crippen LogP contribution is 2.22. The van der Waals surface area contributed by atoms with Crippen LogP contribution in [0.3, 0.4) is 0 Å². The summed E-state index contributed by atoms with van der Waals surface area (Å²) in [6.07, 6.45) is 10.1. The van der Waals surface area contributed by atoms with Gasteiger partial charge in [-0.25, -0.2) is 0 Å². The van der Waals surface area contributed by atoms with Crippen LogP contribution in [-0.2, 0) is 11.4 Å². The van der Waals surface area contributed by atoms with E-state index >= 15 is 0 Å². The summed E-state index contributed by atoms with van der Waals surface area (Å²) in [5.74, 6) is -0.242. The number of aliphatic hydroxyl groups is 1. The molecule has 0 spiro atoms. The Labute approximate surface area is 138 Å². The number of carbonyl (C=O) groups is 1. The number of aromatic amines is 1. The van der Waals surface area contributed by atoms with Crippen LogP contribution in [0.4, 0.5) is 5.69 Å². The average Bonchev–Trinajstić information content (AvgIpc) is 3.15. The Bertz CT molecular complexity index is 840. The number of aliphatic hydroxyl groups excluding tert-OH is 1. The average molecular weight is 320 g/mol. The van der Waals surface area contributed by atoms with Crippen LogP contribution >= 0.6 is 0 Å². The van der Waals surface area contributed by atoms with Gasteiger partial charge in [-0.2, -0.15) is 5.10 Å². The molecule has 0 radical (unpaired) electrons. The van der Waals surface area contributed by atoms with Crippen LogP contribution in [0, 0.1) is 0 Å². The molecule has 0 atom stereocenters. The van der Waals surface area contributed by atoms with Crippen molar-refractivity contribution in [2.24, 2.45) is 0 Å². The quantitative estimate of drug-likeness (QED) is 0.630. The summed E-state index contributed by atoms with van der Waals surface area (Å²) in [6.45, 7) is -0.0219. The van der Waals surface area contributed by atoms with Crippen LogP contribution in [0.1, 0.15) is 11.1 Å². The third-order valence-corrected chi connectivity index (χ3v) is 3.48. The SMILES string of the molecule is O=C(/C=C/c1cnccc1-c1cn[nH]c1)Nc1ccc(CO)cc1. The third-order valence-electron chi connectivity index (χ3n) is 3.48. The van der Waals surface area contributed by atoms with Crippen molar-refractivity contribution in [3.63, 3.8) is 0 Å². The number of amides is 1. The first-order valence-electron chi connectivity index (χ1n) is 7.38. The van der Waals surface area contributed by atoms with Gasteiger partial charge in [0.2, 0.25) is 5.91 Å². The molecule has 0 saturated heterocycles. The van der Waals surface area contributed by atoms with E-state index in [1.54, 1.807) is 55.1 Å². The molecule has 6 heteroatoms. The minimum Gasteiger partial charge on any atom is -0.392 e. The highest BCUT2D eigenvalue weighted by molar-refractivity contribution is 6.02. The number of aromatic nitrogens is 3. The Morgan fingerprint density at radius 2 is 2.04 bits per heavy atom. The van der Waals surface area contributed by atoms with Crippen molar-refractivity contribution in [3.8, 4) is 11.1 Å². The molecule has 0 aliphatic carbocycles. The molecule has 3 rings (SSSR count). The minimum absolute atomic E-state index is 0.0219. The molecule has 3 aromatic rings. The predicted molar refractivity (Wildman–Crippen MR) is 91.8 cm³/mol. The van der Waals surface area contributed by atoms with Crippen molar-refractivity contribution >= 4 is 17.7 Å². The molecule has 120 valence electrons. The number of benzene rings is 1. The first kappa shape index (κ1) is 15.6. The van der Waals surface area contributed by atoms with Gasteiger partial charge in [0, 0.05) is 41.5 Å². The summed E-state index contributed by atoms with van der Waals surface area (Å²) in [7, 11) is 0. The van der Waals surface area contributed by atoms with E-state index in [0.717, 1.165) is 22.3 Å². The van der Waals surface area contributed by atoms with Crippen molar-refractivity contribution in [3.05, 3.63) is 72.3 Å². The zero-order chi connectivity index (χ0) is 16.8. The number of hydrogen-bond donors (Lipinski definition) is 3. The van der Waals surface area contributed by atoms with Gasteiger partial charge in [-0.3, -0.25) is 14.9 Å². The number of nitrogens with one attached hydrogen (secondary N) is 2. The van der Waals surface area contributed by atoms with Crippen LogP contribution in [0.25, 0.3) is 17.2 Å². The van der Waals surface area contributed by atoms with Gasteiger partial charge < -0.3 is 10.4 Å². The fourth-order valence-electron chi connectivity index (χ4n) is 2.24. The van der Waals surface area contributed by atoms with Crippen molar-refractivity contribution in [2.75, 3.05) is 5.32 Å². The second-order valence-corrected chi connectivity index (χ2v) is 5.13. The molecule has 1 amide bonds. The lowest BCUT2D eigenvalue weighted by Crippen LogP contribution is -2.07.